The van der Waals surface area contributed by atoms with Crippen LogP contribution in [0.25, 0.3) is 0 Å². The third kappa shape index (κ3) is 3.41. The molecule has 6 heteroatoms. The molecule has 0 atom stereocenters. The second-order valence-electron chi connectivity index (χ2n) is 5.33. The van der Waals surface area contributed by atoms with Crippen LogP contribution in [-0.2, 0) is 13.1 Å². The third-order valence-electron chi connectivity index (χ3n) is 3.65. The number of benzene rings is 2. The van der Waals surface area contributed by atoms with Crippen LogP contribution in [0.2, 0.25) is 5.02 Å². The molecule has 0 bridgehead atoms. The van der Waals surface area contributed by atoms with Crippen molar-refractivity contribution >= 4 is 17.3 Å². The number of ether oxygens (including phenoxy) is 1. The Hall–Kier alpha value is -2.24. The highest BCUT2D eigenvalue weighted by molar-refractivity contribution is 6.31. The minimum absolute atomic E-state index is 0.307. The second kappa shape index (κ2) is 6.48. The number of nitrogens with one attached hydrogen (secondary N) is 2. The Bertz CT molecular complexity index is 756. The van der Waals surface area contributed by atoms with Gasteiger partial charge in [-0.25, -0.2) is 4.39 Å². The van der Waals surface area contributed by atoms with E-state index in [1.165, 1.54) is 6.07 Å². The molecule has 23 heavy (non-hydrogen) atoms. The zero-order valence-electron chi connectivity index (χ0n) is 12.6. The molecule has 4 N–H and O–H groups in total. The first-order valence-corrected chi connectivity index (χ1v) is 7.60. The van der Waals surface area contributed by atoms with Crippen molar-refractivity contribution in [1.29, 1.82) is 0 Å². The van der Waals surface area contributed by atoms with E-state index in [4.69, 9.17) is 22.1 Å². The fraction of sp³-hybridized carbons (Fsp3) is 0.176. The summed E-state index contributed by atoms with van der Waals surface area (Å²) in [6.07, 6.45) is 0. The van der Waals surface area contributed by atoms with Crippen LogP contribution >= 0.6 is 11.6 Å². The lowest BCUT2D eigenvalue weighted by Gasteiger charge is -2.21. The van der Waals surface area contributed by atoms with E-state index in [2.05, 4.69) is 10.6 Å². The first-order chi connectivity index (χ1) is 11.0. The Balaban J connectivity index is 1.66. The second-order valence-corrected chi connectivity index (χ2v) is 5.74. The Morgan fingerprint density at radius 3 is 2.87 bits per heavy atom. The molecule has 2 aromatic rings. The zero-order valence-corrected chi connectivity index (χ0v) is 13.4. The molecule has 0 saturated heterocycles. The number of halogens is 2. The van der Waals surface area contributed by atoms with Gasteiger partial charge in [-0.05, 0) is 36.8 Å². The normalized spacial score (nSPS) is 13.3. The summed E-state index contributed by atoms with van der Waals surface area (Å²) in [5.74, 6) is 1.58. The van der Waals surface area contributed by atoms with E-state index < -0.39 is 0 Å². The van der Waals surface area contributed by atoms with Gasteiger partial charge >= 0.3 is 0 Å². The Morgan fingerprint density at radius 1 is 1.26 bits per heavy atom. The van der Waals surface area contributed by atoms with Gasteiger partial charge in [-0.3, -0.25) is 0 Å². The first-order valence-electron chi connectivity index (χ1n) is 7.22. The minimum atomic E-state index is -0.307. The van der Waals surface area contributed by atoms with Crippen LogP contribution in [0.4, 0.5) is 10.1 Å². The molecule has 0 saturated carbocycles. The standard InChI is InChI=1S/C17H17ClFN3O/c1-10-17(20)22-15-7-11(5-6-16(15)23-10)8-21-9-12-13(18)3-2-4-14(12)19/h2-7,21-22H,8-9,20H2,1H3. The van der Waals surface area contributed by atoms with Gasteiger partial charge in [0.15, 0.2) is 5.75 Å². The molecule has 120 valence electrons. The van der Waals surface area contributed by atoms with E-state index in [0.29, 0.717) is 35.3 Å². The summed E-state index contributed by atoms with van der Waals surface area (Å²) in [5, 5.41) is 6.71. The molecule has 0 unspecified atom stereocenters. The lowest BCUT2D eigenvalue weighted by Crippen LogP contribution is -2.19. The minimum Gasteiger partial charge on any atom is -0.456 e. The highest BCUT2D eigenvalue weighted by Crippen LogP contribution is 2.32. The molecule has 4 nitrogen and oxygen atoms in total. The quantitative estimate of drug-likeness (QED) is 0.798. The van der Waals surface area contributed by atoms with Crippen molar-refractivity contribution in [2.75, 3.05) is 5.32 Å². The van der Waals surface area contributed by atoms with Crippen molar-refractivity contribution in [3.05, 3.63) is 69.9 Å². The van der Waals surface area contributed by atoms with Crippen LogP contribution < -0.4 is 21.1 Å². The molecule has 1 aliphatic rings. The van der Waals surface area contributed by atoms with Gasteiger partial charge in [0.05, 0.1) is 5.69 Å². The fourth-order valence-electron chi connectivity index (χ4n) is 2.36. The SMILES string of the molecule is CC1=C(N)Nc2cc(CNCc3c(F)cccc3Cl)ccc2O1. The van der Waals surface area contributed by atoms with Gasteiger partial charge in [-0.1, -0.05) is 23.7 Å². The molecular formula is C17H17ClFN3O. The highest BCUT2D eigenvalue weighted by Gasteiger charge is 2.14. The van der Waals surface area contributed by atoms with E-state index in [1.54, 1.807) is 19.1 Å². The molecular weight excluding hydrogens is 317 g/mol. The summed E-state index contributed by atoms with van der Waals surface area (Å²) in [6, 6.07) is 10.5. The van der Waals surface area contributed by atoms with Crippen molar-refractivity contribution in [3.8, 4) is 5.75 Å². The topological polar surface area (TPSA) is 59.3 Å². The van der Waals surface area contributed by atoms with E-state index in [0.717, 1.165) is 17.0 Å². The average molecular weight is 334 g/mol. The maximum atomic E-state index is 13.7. The van der Waals surface area contributed by atoms with Gasteiger partial charge in [0.2, 0.25) is 0 Å². The number of anilines is 1. The monoisotopic (exact) mass is 333 g/mol. The smallest absolute Gasteiger partial charge is 0.150 e. The summed E-state index contributed by atoms with van der Waals surface area (Å²) in [6.45, 7) is 2.73. The van der Waals surface area contributed by atoms with E-state index in [-0.39, 0.29) is 5.82 Å². The molecule has 1 heterocycles. The van der Waals surface area contributed by atoms with Gasteiger partial charge < -0.3 is 21.1 Å². The number of allylic oxidation sites excluding steroid dienone is 1. The maximum Gasteiger partial charge on any atom is 0.150 e. The number of rotatable bonds is 4. The van der Waals surface area contributed by atoms with Crippen molar-refractivity contribution in [3.63, 3.8) is 0 Å². The Labute approximate surface area is 139 Å². The zero-order chi connectivity index (χ0) is 16.4. The summed E-state index contributed by atoms with van der Waals surface area (Å²) < 4.78 is 19.3. The molecule has 1 aliphatic heterocycles. The van der Waals surface area contributed by atoms with Gasteiger partial charge in [0.25, 0.3) is 0 Å². The predicted octanol–water partition coefficient (Wildman–Crippen LogP) is 3.72. The summed E-state index contributed by atoms with van der Waals surface area (Å²) in [7, 11) is 0. The van der Waals surface area contributed by atoms with Gasteiger partial charge in [-0.15, -0.1) is 0 Å². The van der Waals surface area contributed by atoms with Crippen LogP contribution in [0.3, 0.4) is 0 Å². The van der Waals surface area contributed by atoms with E-state index in [1.807, 2.05) is 18.2 Å². The van der Waals surface area contributed by atoms with Gasteiger partial charge in [0, 0.05) is 23.7 Å². The number of hydrogen-bond donors (Lipinski definition) is 3. The Morgan fingerprint density at radius 2 is 2.09 bits per heavy atom. The summed E-state index contributed by atoms with van der Waals surface area (Å²) in [4.78, 5) is 0. The van der Waals surface area contributed by atoms with Crippen molar-refractivity contribution in [2.24, 2.45) is 5.73 Å². The third-order valence-corrected chi connectivity index (χ3v) is 4.00. The predicted molar refractivity (Wildman–Crippen MR) is 89.5 cm³/mol. The molecule has 0 aromatic heterocycles. The average Bonchev–Trinajstić information content (AvgIpc) is 2.51. The largest absolute Gasteiger partial charge is 0.456 e. The van der Waals surface area contributed by atoms with Crippen LogP contribution in [-0.4, -0.2) is 0 Å². The van der Waals surface area contributed by atoms with Crippen molar-refractivity contribution in [1.82, 2.24) is 5.32 Å². The lowest BCUT2D eigenvalue weighted by atomic mass is 10.1. The van der Waals surface area contributed by atoms with Crippen molar-refractivity contribution < 1.29 is 9.13 Å². The van der Waals surface area contributed by atoms with Gasteiger partial charge in [0.1, 0.15) is 17.4 Å². The summed E-state index contributed by atoms with van der Waals surface area (Å²) >= 11 is 6.01. The van der Waals surface area contributed by atoms with E-state index in [9.17, 15) is 4.39 Å². The molecule has 0 spiro atoms. The molecule has 0 fully saturated rings. The molecule has 2 aromatic carbocycles. The Kier molecular flexibility index (Phi) is 4.41. The molecule has 0 radical (unpaired) electrons. The van der Waals surface area contributed by atoms with Crippen LogP contribution in [0.1, 0.15) is 18.1 Å². The van der Waals surface area contributed by atoms with Crippen LogP contribution in [0.5, 0.6) is 5.75 Å². The molecule has 0 amide bonds. The lowest BCUT2D eigenvalue weighted by molar-refractivity contribution is 0.415. The molecule has 0 aliphatic carbocycles. The highest BCUT2D eigenvalue weighted by atomic mass is 35.5. The van der Waals surface area contributed by atoms with Crippen molar-refractivity contribution in [2.45, 2.75) is 20.0 Å². The van der Waals surface area contributed by atoms with Gasteiger partial charge in [-0.2, -0.15) is 0 Å². The molecule has 3 rings (SSSR count). The van der Waals surface area contributed by atoms with Crippen LogP contribution in [0.15, 0.2) is 48.0 Å². The number of hydrogen-bond acceptors (Lipinski definition) is 4. The van der Waals surface area contributed by atoms with E-state index >= 15 is 0 Å². The maximum absolute atomic E-state index is 13.7. The summed E-state index contributed by atoms with van der Waals surface area (Å²) in [5.41, 5.74) is 8.14. The fourth-order valence-corrected chi connectivity index (χ4v) is 2.59. The van der Waals surface area contributed by atoms with Crippen LogP contribution in [0, 0.1) is 5.82 Å². The first kappa shape index (κ1) is 15.6. The number of fused-ring (bicyclic) bond motifs is 1. The number of nitrogens with two attached hydrogens (primary N) is 1.